The van der Waals surface area contributed by atoms with Gasteiger partial charge in [0.05, 0.1) is 0 Å². The zero-order valence-electron chi connectivity index (χ0n) is 4.11. The average Bonchev–Trinajstić information content (AvgIpc) is 1.77. The summed E-state index contributed by atoms with van der Waals surface area (Å²) in [6.07, 6.45) is 1.41. The fourth-order valence-electron chi connectivity index (χ4n) is 0.419. The molecule has 4 heteroatoms. The molecule has 0 saturated carbocycles. The van der Waals surface area contributed by atoms with E-state index in [0.717, 1.165) is 0 Å². The van der Waals surface area contributed by atoms with E-state index in [0.29, 0.717) is 9.76 Å². The molecule has 0 atom stereocenters. The van der Waals surface area contributed by atoms with Crippen LogP contribution in [0.2, 0.25) is 0 Å². The van der Waals surface area contributed by atoms with Gasteiger partial charge >= 0.3 is 23.9 Å². The summed E-state index contributed by atoms with van der Waals surface area (Å²) in [4.78, 5) is 0. The normalized spacial score (nSPS) is 8.11. The van der Waals surface area contributed by atoms with E-state index in [4.69, 9.17) is 0 Å². The molecule has 1 heterocycles. The first-order chi connectivity index (χ1) is 3.80. The third-order valence-electron chi connectivity index (χ3n) is 0.804. The summed E-state index contributed by atoms with van der Waals surface area (Å²) in [5.74, 6) is 0. The van der Waals surface area contributed by atoms with Gasteiger partial charge in [0.25, 0.3) is 0 Å². The fourth-order valence-corrected chi connectivity index (χ4v) is 0.572. The molecule has 0 fully saturated rings. The number of aromatic nitrogens is 1. The van der Waals surface area contributed by atoms with E-state index in [2.05, 4.69) is 12.6 Å². The van der Waals surface area contributed by atoms with E-state index in [9.17, 15) is 5.21 Å². The molecule has 0 N–H and O–H groups in total. The van der Waals surface area contributed by atoms with Gasteiger partial charge in [-0.3, -0.25) is 0 Å². The van der Waals surface area contributed by atoms with Gasteiger partial charge in [-0.15, -0.1) is 0 Å². The third-order valence-corrected chi connectivity index (χ3v) is 1.15. The van der Waals surface area contributed by atoms with Crippen LogP contribution < -0.4 is 4.73 Å². The second kappa shape index (κ2) is 4.00. The molecule has 9 heavy (non-hydrogen) atoms. The van der Waals surface area contributed by atoms with E-state index in [1.807, 2.05) is 0 Å². The molecule has 1 rings (SSSR count). The Balaban J connectivity index is 0.000000640. The molecule has 0 aliphatic rings. The van der Waals surface area contributed by atoms with Crippen molar-refractivity contribution in [3.05, 3.63) is 29.6 Å². The van der Waals surface area contributed by atoms with Gasteiger partial charge < -0.3 is 5.21 Å². The van der Waals surface area contributed by atoms with Crippen molar-refractivity contribution in [3.63, 3.8) is 0 Å². The average molecular weight is 250 g/mol. The summed E-state index contributed by atoms with van der Waals surface area (Å²) in [5, 5.41) is 10.9. The zero-order chi connectivity index (χ0) is 5.98. The second-order valence-corrected chi connectivity index (χ2v) is 1.84. The molecular formula is C5H9NOSSn. The van der Waals surface area contributed by atoms with Crippen LogP contribution in [0, 0.1) is 5.21 Å². The molecule has 0 radical (unpaired) electrons. The number of hydrogen-bond acceptors (Lipinski definition) is 2. The van der Waals surface area contributed by atoms with Crippen LogP contribution in [0.4, 0.5) is 0 Å². The molecule has 0 amide bonds. The van der Waals surface area contributed by atoms with Crippen molar-refractivity contribution in [2.24, 2.45) is 0 Å². The minimum atomic E-state index is 0. The van der Waals surface area contributed by atoms with Gasteiger partial charge in [-0.25, -0.2) is 0 Å². The Labute approximate surface area is 75.8 Å². The fraction of sp³-hybridized carbons (Fsp3) is 0. The van der Waals surface area contributed by atoms with Crippen molar-refractivity contribution in [2.75, 3.05) is 0 Å². The monoisotopic (exact) mass is 251 g/mol. The van der Waals surface area contributed by atoms with Crippen LogP contribution >= 0.6 is 12.6 Å². The molecule has 0 spiro atoms. The Kier molecular flexibility index (Phi) is 4.05. The summed E-state index contributed by atoms with van der Waals surface area (Å²) in [5.41, 5.74) is 0. The van der Waals surface area contributed by atoms with Crippen LogP contribution in [-0.2, 0) is 0 Å². The predicted octanol–water partition coefficient (Wildman–Crippen LogP) is -0.843. The Morgan fingerprint density at radius 1 is 1.44 bits per heavy atom. The standard InChI is InChI=1S/C5H5NOS.Sn.4H/c7-6-4-2-1-3-5(6)8;;;;;/h1-4,8H;;;;;. The number of nitrogens with zero attached hydrogens (tertiary/aromatic N) is 1. The maximum absolute atomic E-state index is 10.5. The first-order valence-corrected chi connectivity index (χ1v) is 2.62. The first kappa shape index (κ1) is 9.10. The van der Waals surface area contributed by atoms with Crippen molar-refractivity contribution >= 4 is 36.5 Å². The van der Waals surface area contributed by atoms with Gasteiger partial charge in [-0.1, -0.05) is 12.6 Å². The summed E-state index contributed by atoms with van der Waals surface area (Å²) in [7, 11) is 0. The van der Waals surface area contributed by atoms with Crippen molar-refractivity contribution < 1.29 is 4.73 Å². The van der Waals surface area contributed by atoms with Crippen molar-refractivity contribution in [3.8, 4) is 0 Å². The molecule has 0 aromatic carbocycles. The Hall–Kier alpha value is 0.0987. The molecule has 2 nitrogen and oxygen atoms in total. The predicted molar refractivity (Wildman–Crippen MR) is 44.0 cm³/mol. The molecule has 1 aromatic rings. The van der Waals surface area contributed by atoms with Crippen LogP contribution in [0.3, 0.4) is 0 Å². The van der Waals surface area contributed by atoms with Crippen molar-refractivity contribution in [2.45, 2.75) is 5.03 Å². The van der Waals surface area contributed by atoms with Crippen LogP contribution in [0.5, 0.6) is 0 Å². The van der Waals surface area contributed by atoms with Crippen LogP contribution in [0.15, 0.2) is 29.4 Å². The first-order valence-electron chi connectivity index (χ1n) is 2.18. The Bertz CT molecular complexity index is 173. The molecule has 50 valence electrons. The summed E-state index contributed by atoms with van der Waals surface area (Å²) >= 11 is 3.85. The Morgan fingerprint density at radius 3 is 2.44 bits per heavy atom. The van der Waals surface area contributed by atoms with Gasteiger partial charge in [0.2, 0.25) is 5.03 Å². The zero-order valence-corrected chi connectivity index (χ0v) is 5.01. The van der Waals surface area contributed by atoms with E-state index >= 15 is 0 Å². The van der Waals surface area contributed by atoms with Gasteiger partial charge in [-0.05, 0) is 6.07 Å². The van der Waals surface area contributed by atoms with Crippen LogP contribution in [0.25, 0.3) is 0 Å². The molecule has 0 unspecified atom stereocenters. The second-order valence-electron chi connectivity index (χ2n) is 1.38. The molecule has 1 aromatic heterocycles. The number of rotatable bonds is 0. The molecule has 0 saturated heterocycles. The van der Waals surface area contributed by atoms with Gasteiger partial charge in [0.1, 0.15) is 0 Å². The molecule has 0 bridgehead atoms. The maximum atomic E-state index is 10.5. The number of hydrogen-bond donors (Lipinski definition) is 1. The minimum absolute atomic E-state index is 0. The quantitative estimate of drug-likeness (QED) is 0.276. The van der Waals surface area contributed by atoms with Crippen LogP contribution in [0.1, 0.15) is 0 Å². The van der Waals surface area contributed by atoms with Crippen molar-refractivity contribution in [1.82, 2.24) is 0 Å². The molecular weight excluding hydrogens is 241 g/mol. The van der Waals surface area contributed by atoms with E-state index in [1.54, 1.807) is 18.2 Å². The topological polar surface area (TPSA) is 26.9 Å². The molecule has 0 aliphatic heterocycles. The van der Waals surface area contributed by atoms with E-state index < -0.39 is 0 Å². The third kappa shape index (κ3) is 2.45. The Morgan fingerprint density at radius 2 is 2.11 bits per heavy atom. The summed E-state index contributed by atoms with van der Waals surface area (Å²) in [6, 6.07) is 5.06. The van der Waals surface area contributed by atoms with Gasteiger partial charge in [0.15, 0.2) is 6.20 Å². The summed E-state index contributed by atoms with van der Waals surface area (Å²) < 4.78 is 0.698. The SMILES string of the molecule is [O-][n+]1ccccc1S.[SnH4]. The van der Waals surface area contributed by atoms with Gasteiger partial charge in [-0.2, -0.15) is 4.73 Å². The van der Waals surface area contributed by atoms with Crippen LogP contribution in [-0.4, -0.2) is 23.9 Å². The van der Waals surface area contributed by atoms with Gasteiger partial charge in [0, 0.05) is 12.1 Å². The number of thiol groups is 1. The van der Waals surface area contributed by atoms with Crippen molar-refractivity contribution in [1.29, 1.82) is 0 Å². The van der Waals surface area contributed by atoms with E-state index in [-0.39, 0.29) is 23.9 Å². The van der Waals surface area contributed by atoms with E-state index in [1.165, 1.54) is 6.20 Å². The summed E-state index contributed by atoms with van der Waals surface area (Å²) in [6.45, 7) is 0. The number of pyridine rings is 1. The molecule has 0 aliphatic carbocycles.